The molecule has 0 N–H and O–H groups in total. The highest BCUT2D eigenvalue weighted by molar-refractivity contribution is 7.90. The Morgan fingerprint density at radius 3 is 2.35 bits per heavy atom. The minimum Gasteiger partial charge on any atom is -0.457 e. The summed E-state index contributed by atoms with van der Waals surface area (Å²) in [5, 5.41) is 0. The molecule has 0 saturated heterocycles. The Kier molecular flexibility index (Phi) is 4.39. The molecule has 0 radical (unpaired) electrons. The van der Waals surface area contributed by atoms with Gasteiger partial charge in [-0.05, 0) is 36.2 Å². The number of carbonyl (C=O) groups is 1. The number of benzene rings is 2. The number of carbonyl (C=O) groups excluding carboxylic acids is 1. The first-order chi connectivity index (χ1) is 12.1. The van der Waals surface area contributed by atoms with Crippen LogP contribution in [0.2, 0.25) is 0 Å². The number of ether oxygens (including phenoxy) is 1. The first kappa shape index (κ1) is 18.2. The second-order valence-corrected chi connectivity index (χ2v) is 7.89. The van der Waals surface area contributed by atoms with Gasteiger partial charge in [-0.15, -0.1) is 0 Å². The van der Waals surface area contributed by atoms with Gasteiger partial charge in [-0.2, -0.15) is 0 Å². The molecule has 0 amide bonds. The largest absolute Gasteiger partial charge is 0.457 e. The minimum atomic E-state index is -3.43. The quantitative estimate of drug-likeness (QED) is 0.604. The monoisotopic (exact) mass is 382 g/mol. The summed E-state index contributed by atoms with van der Waals surface area (Å²) < 4.78 is 69.2. The maximum Gasteiger partial charge on any atom is 0.339 e. The van der Waals surface area contributed by atoms with Crippen molar-refractivity contribution in [2.75, 3.05) is 12.9 Å². The molecule has 0 aliphatic carbocycles. The number of hydrogen-bond acceptors (Lipinski definition) is 4. The molecule has 0 spiro atoms. The molecule has 1 heterocycles. The molecule has 0 bridgehead atoms. The minimum absolute atomic E-state index is 0.118. The van der Waals surface area contributed by atoms with Gasteiger partial charge in [-0.3, -0.25) is 0 Å². The van der Waals surface area contributed by atoms with Crippen LogP contribution in [-0.4, -0.2) is 27.2 Å². The summed E-state index contributed by atoms with van der Waals surface area (Å²) in [7, 11) is -3.43. The van der Waals surface area contributed by atoms with Crippen molar-refractivity contribution >= 4 is 27.0 Å². The molecule has 4 nitrogen and oxygen atoms in total. The van der Waals surface area contributed by atoms with Crippen molar-refractivity contribution in [3.05, 3.63) is 64.5 Å². The maximum absolute atomic E-state index is 14.1. The van der Waals surface area contributed by atoms with Crippen molar-refractivity contribution in [3.63, 3.8) is 0 Å². The number of sulfone groups is 1. The standard InChI is InChI=1S/C18H13F3O4S/c1-9-7-10(3-6-14(9)26(2,23)24)12-8-25-18(22)15(12)11-4-5-13(19)17(21)16(11)20/h3-7H,8H2,1-2H3. The Balaban J connectivity index is 2.21. The van der Waals surface area contributed by atoms with Crippen molar-refractivity contribution in [2.45, 2.75) is 11.8 Å². The lowest BCUT2D eigenvalue weighted by Crippen LogP contribution is -2.04. The molecule has 0 unspecified atom stereocenters. The third-order valence-corrected chi connectivity index (χ3v) is 5.34. The van der Waals surface area contributed by atoms with Gasteiger partial charge < -0.3 is 4.74 Å². The lowest BCUT2D eigenvalue weighted by molar-refractivity contribution is -0.133. The molecule has 136 valence electrons. The Labute approximate surface area is 147 Å². The molecule has 0 saturated carbocycles. The van der Waals surface area contributed by atoms with Gasteiger partial charge in [0.2, 0.25) is 0 Å². The normalized spacial score (nSPS) is 14.7. The molecular formula is C18H13F3O4S. The number of halogens is 3. The summed E-state index contributed by atoms with van der Waals surface area (Å²) in [6.07, 6.45) is 1.07. The Bertz CT molecular complexity index is 1070. The van der Waals surface area contributed by atoms with Gasteiger partial charge in [0.05, 0.1) is 10.5 Å². The molecule has 0 atom stereocenters. The molecule has 1 aliphatic heterocycles. The molecule has 1 aliphatic rings. The summed E-state index contributed by atoms with van der Waals surface area (Å²) in [4.78, 5) is 12.2. The van der Waals surface area contributed by atoms with Gasteiger partial charge in [0.15, 0.2) is 27.3 Å². The maximum atomic E-state index is 14.1. The van der Waals surface area contributed by atoms with E-state index in [9.17, 15) is 26.4 Å². The smallest absolute Gasteiger partial charge is 0.339 e. The Hall–Kier alpha value is -2.61. The van der Waals surface area contributed by atoms with Crippen molar-refractivity contribution in [2.24, 2.45) is 0 Å². The van der Waals surface area contributed by atoms with Crippen molar-refractivity contribution in [1.82, 2.24) is 0 Å². The summed E-state index contributed by atoms with van der Waals surface area (Å²) in [5.74, 6) is -5.40. The third kappa shape index (κ3) is 3.01. The Morgan fingerprint density at radius 2 is 1.73 bits per heavy atom. The molecule has 0 fully saturated rings. The highest BCUT2D eigenvalue weighted by atomic mass is 32.2. The molecule has 26 heavy (non-hydrogen) atoms. The van der Waals surface area contributed by atoms with E-state index < -0.39 is 38.8 Å². The number of esters is 1. The van der Waals surface area contributed by atoms with Crippen molar-refractivity contribution in [1.29, 1.82) is 0 Å². The lowest BCUT2D eigenvalue weighted by atomic mass is 9.95. The highest BCUT2D eigenvalue weighted by Crippen LogP contribution is 2.36. The summed E-state index contributed by atoms with van der Waals surface area (Å²) >= 11 is 0. The fraction of sp³-hybridized carbons (Fsp3) is 0.167. The number of rotatable bonds is 3. The first-order valence-electron chi connectivity index (χ1n) is 7.46. The average Bonchev–Trinajstić information content (AvgIpc) is 2.93. The van der Waals surface area contributed by atoms with Gasteiger partial charge in [0.25, 0.3) is 0 Å². The zero-order chi connectivity index (χ0) is 19.2. The van der Waals surface area contributed by atoms with E-state index >= 15 is 0 Å². The average molecular weight is 382 g/mol. The number of cyclic esters (lactones) is 1. The third-order valence-electron chi connectivity index (χ3n) is 4.08. The van der Waals surface area contributed by atoms with E-state index in [-0.39, 0.29) is 22.6 Å². The predicted molar refractivity (Wildman–Crippen MR) is 88.4 cm³/mol. The summed E-state index contributed by atoms with van der Waals surface area (Å²) in [5.41, 5.74) is 0.504. The second-order valence-electron chi connectivity index (χ2n) is 5.91. The summed E-state index contributed by atoms with van der Waals surface area (Å²) in [6, 6.07) is 6.04. The van der Waals surface area contributed by atoms with E-state index in [4.69, 9.17) is 4.74 Å². The van der Waals surface area contributed by atoms with Crippen LogP contribution in [0.3, 0.4) is 0 Å². The van der Waals surface area contributed by atoms with Crippen LogP contribution in [0, 0.1) is 24.4 Å². The van der Waals surface area contributed by atoms with E-state index in [1.54, 1.807) is 6.92 Å². The molecule has 8 heteroatoms. The van der Waals surface area contributed by atoms with Crippen LogP contribution >= 0.6 is 0 Å². The van der Waals surface area contributed by atoms with Crippen LogP contribution in [0.1, 0.15) is 16.7 Å². The number of hydrogen-bond donors (Lipinski definition) is 0. The van der Waals surface area contributed by atoms with Crippen molar-refractivity contribution in [3.8, 4) is 0 Å². The molecule has 2 aromatic rings. The predicted octanol–water partition coefficient (Wildman–Crippen LogP) is 3.28. The van der Waals surface area contributed by atoms with Crippen LogP contribution < -0.4 is 0 Å². The van der Waals surface area contributed by atoms with E-state index in [1.165, 1.54) is 18.2 Å². The zero-order valence-electron chi connectivity index (χ0n) is 13.8. The fourth-order valence-electron chi connectivity index (χ4n) is 2.88. The first-order valence-corrected chi connectivity index (χ1v) is 9.35. The van der Waals surface area contributed by atoms with Gasteiger partial charge in [0, 0.05) is 17.4 Å². The van der Waals surface area contributed by atoms with Crippen molar-refractivity contribution < 1.29 is 31.1 Å². The van der Waals surface area contributed by atoms with Gasteiger partial charge >= 0.3 is 5.97 Å². The van der Waals surface area contributed by atoms with Crippen LogP contribution in [0.5, 0.6) is 0 Å². The second kappa shape index (κ2) is 6.28. The topological polar surface area (TPSA) is 60.4 Å². The molecular weight excluding hydrogens is 369 g/mol. The lowest BCUT2D eigenvalue weighted by Gasteiger charge is -2.09. The van der Waals surface area contributed by atoms with E-state index in [0.29, 0.717) is 11.1 Å². The van der Waals surface area contributed by atoms with Crippen LogP contribution in [0.15, 0.2) is 35.2 Å². The molecule has 2 aromatic carbocycles. The van der Waals surface area contributed by atoms with E-state index in [0.717, 1.165) is 18.4 Å². The van der Waals surface area contributed by atoms with Gasteiger partial charge in [-0.1, -0.05) is 12.1 Å². The highest BCUT2D eigenvalue weighted by Gasteiger charge is 2.31. The SMILES string of the molecule is Cc1cc(C2=C(c3ccc(F)c(F)c3F)C(=O)OC2)ccc1S(C)(=O)=O. The van der Waals surface area contributed by atoms with E-state index in [2.05, 4.69) is 0 Å². The van der Waals surface area contributed by atoms with E-state index in [1.807, 2.05) is 0 Å². The van der Waals surface area contributed by atoms with Gasteiger partial charge in [0.1, 0.15) is 6.61 Å². The van der Waals surface area contributed by atoms with Crippen LogP contribution in [-0.2, 0) is 19.4 Å². The van der Waals surface area contributed by atoms with Crippen LogP contribution in [0.4, 0.5) is 13.2 Å². The molecule has 3 rings (SSSR count). The fourth-order valence-corrected chi connectivity index (χ4v) is 3.84. The summed E-state index contributed by atoms with van der Waals surface area (Å²) in [6.45, 7) is 1.39. The molecule has 0 aromatic heterocycles. The number of aryl methyl sites for hydroxylation is 1. The Morgan fingerprint density at radius 1 is 1.04 bits per heavy atom. The zero-order valence-corrected chi connectivity index (χ0v) is 14.6. The van der Waals surface area contributed by atoms with Crippen LogP contribution in [0.25, 0.3) is 11.1 Å². The van der Waals surface area contributed by atoms with Gasteiger partial charge in [-0.25, -0.2) is 26.4 Å².